The van der Waals surface area contributed by atoms with Crippen LogP contribution in [0.2, 0.25) is 5.02 Å². The molecule has 0 aromatic heterocycles. The molecule has 0 saturated carbocycles. The van der Waals surface area contributed by atoms with Crippen LogP contribution in [0, 0.1) is 0 Å². The van der Waals surface area contributed by atoms with Crippen molar-refractivity contribution in [2.75, 3.05) is 13.7 Å². The Labute approximate surface area is 83.4 Å². The molecule has 0 bridgehead atoms. The van der Waals surface area contributed by atoms with Gasteiger partial charge >= 0.3 is 0 Å². The van der Waals surface area contributed by atoms with Gasteiger partial charge in [0.25, 0.3) is 0 Å². The fourth-order valence-electron chi connectivity index (χ4n) is 1.02. The van der Waals surface area contributed by atoms with Crippen molar-refractivity contribution in [1.29, 1.82) is 0 Å². The first-order valence-electron chi connectivity index (χ1n) is 4.18. The molecule has 0 atom stereocenters. The van der Waals surface area contributed by atoms with E-state index in [-0.39, 0.29) is 0 Å². The lowest BCUT2D eigenvalue weighted by Gasteiger charge is -2.05. The Bertz CT molecular complexity index is 274. The van der Waals surface area contributed by atoms with Crippen molar-refractivity contribution in [1.82, 2.24) is 0 Å². The number of hydrogen-bond donors (Lipinski definition) is 0. The van der Waals surface area contributed by atoms with Crippen molar-refractivity contribution in [3.63, 3.8) is 0 Å². The zero-order valence-electron chi connectivity index (χ0n) is 7.84. The van der Waals surface area contributed by atoms with E-state index in [1.807, 2.05) is 25.1 Å². The molecule has 0 heterocycles. The Balaban J connectivity index is 2.71. The molecule has 0 saturated heterocycles. The summed E-state index contributed by atoms with van der Waals surface area (Å²) in [6, 6.07) is 5.65. The van der Waals surface area contributed by atoms with Gasteiger partial charge in [-0.15, -0.1) is 0 Å². The lowest BCUT2D eigenvalue weighted by molar-refractivity contribution is 0.134. The van der Waals surface area contributed by atoms with Gasteiger partial charge in [-0.05, 0) is 24.6 Å². The zero-order valence-corrected chi connectivity index (χ0v) is 8.60. The largest absolute Gasteiger partial charge is 0.495 e. The van der Waals surface area contributed by atoms with E-state index in [2.05, 4.69) is 0 Å². The number of rotatable bonds is 4. The van der Waals surface area contributed by atoms with Gasteiger partial charge in [-0.2, -0.15) is 0 Å². The van der Waals surface area contributed by atoms with Gasteiger partial charge in [0, 0.05) is 6.61 Å². The molecule has 0 unspecified atom stereocenters. The maximum absolute atomic E-state index is 5.93. The van der Waals surface area contributed by atoms with Crippen molar-refractivity contribution in [3.8, 4) is 5.75 Å². The summed E-state index contributed by atoms with van der Waals surface area (Å²) >= 11 is 5.93. The van der Waals surface area contributed by atoms with Crippen LogP contribution < -0.4 is 4.74 Å². The first-order chi connectivity index (χ1) is 6.27. The van der Waals surface area contributed by atoms with Crippen LogP contribution in [0.4, 0.5) is 0 Å². The van der Waals surface area contributed by atoms with Crippen molar-refractivity contribution in [3.05, 3.63) is 28.8 Å². The van der Waals surface area contributed by atoms with Gasteiger partial charge in [-0.25, -0.2) is 0 Å². The Morgan fingerprint density at radius 3 is 2.69 bits per heavy atom. The Morgan fingerprint density at radius 1 is 1.38 bits per heavy atom. The van der Waals surface area contributed by atoms with Crippen LogP contribution in [0.3, 0.4) is 0 Å². The van der Waals surface area contributed by atoms with E-state index in [9.17, 15) is 0 Å². The fourth-order valence-corrected chi connectivity index (χ4v) is 1.30. The molecule has 72 valence electrons. The van der Waals surface area contributed by atoms with Crippen molar-refractivity contribution in [2.45, 2.75) is 13.5 Å². The van der Waals surface area contributed by atoms with Crippen LogP contribution in [0.25, 0.3) is 0 Å². The second-order valence-electron chi connectivity index (χ2n) is 2.61. The van der Waals surface area contributed by atoms with Crippen molar-refractivity contribution in [2.24, 2.45) is 0 Å². The molecule has 0 aliphatic carbocycles. The minimum atomic E-state index is 0.597. The van der Waals surface area contributed by atoms with E-state index in [1.165, 1.54) is 0 Å². The highest BCUT2D eigenvalue weighted by Gasteiger charge is 2.00. The third-order valence-electron chi connectivity index (χ3n) is 1.69. The molecule has 3 heteroatoms. The van der Waals surface area contributed by atoms with Crippen LogP contribution in [-0.4, -0.2) is 13.7 Å². The summed E-state index contributed by atoms with van der Waals surface area (Å²) < 4.78 is 10.3. The molecule has 0 amide bonds. The molecule has 0 radical (unpaired) electrons. The molecule has 1 aromatic carbocycles. The van der Waals surface area contributed by atoms with Gasteiger partial charge < -0.3 is 9.47 Å². The highest BCUT2D eigenvalue weighted by molar-refractivity contribution is 6.32. The van der Waals surface area contributed by atoms with Crippen LogP contribution in [0.1, 0.15) is 12.5 Å². The number of methoxy groups -OCH3 is 1. The molecule has 0 aliphatic heterocycles. The standard InChI is InChI=1S/C10H13ClO2/c1-3-13-7-8-4-5-10(12-2)9(11)6-8/h4-6H,3,7H2,1-2H3. The third-order valence-corrected chi connectivity index (χ3v) is 1.98. The highest BCUT2D eigenvalue weighted by atomic mass is 35.5. The third kappa shape index (κ3) is 2.90. The predicted octanol–water partition coefficient (Wildman–Crippen LogP) is 2.89. The average Bonchev–Trinajstić information content (AvgIpc) is 2.15. The average molecular weight is 201 g/mol. The lowest BCUT2D eigenvalue weighted by Crippen LogP contribution is -1.92. The monoisotopic (exact) mass is 200 g/mol. The number of hydrogen-bond acceptors (Lipinski definition) is 2. The summed E-state index contributed by atoms with van der Waals surface area (Å²) in [4.78, 5) is 0. The first kappa shape index (κ1) is 10.4. The zero-order chi connectivity index (χ0) is 9.68. The van der Waals surface area contributed by atoms with Gasteiger partial charge in [-0.3, -0.25) is 0 Å². The van der Waals surface area contributed by atoms with Gasteiger partial charge in [0.05, 0.1) is 18.7 Å². The molecule has 13 heavy (non-hydrogen) atoms. The molecular formula is C10H13ClO2. The van der Waals surface area contributed by atoms with Crippen LogP contribution in [0.15, 0.2) is 18.2 Å². The second kappa shape index (κ2) is 5.10. The van der Waals surface area contributed by atoms with Crippen molar-refractivity contribution < 1.29 is 9.47 Å². The normalized spacial score (nSPS) is 10.1. The van der Waals surface area contributed by atoms with E-state index in [4.69, 9.17) is 21.1 Å². The summed E-state index contributed by atoms with van der Waals surface area (Å²) in [6.45, 7) is 3.27. The molecule has 1 rings (SSSR count). The molecule has 0 N–H and O–H groups in total. The summed E-state index contributed by atoms with van der Waals surface area (Å²) in [7, 11) is 1.60. The number of benzene rings is 1. The van der Waals surface area contributed by atoms with Gasteiger partial charge in [0.1, 0.15) is 5.75 Å². The van der Waals surface area contributed by atoms with Crippen LogP contribution >= 0.6 is 11.6 Å². The molecule has 0 aliphatic rings. The number of halogens is 1. The maximum atomic E-state index is 5.93. The summed E-state index contributed by atoms with van der Waals surface area (Å²) in [5, 5.41) is 0.625. The van der Waals surface area contributed by atoms with E-state index in [0.29, 0.717) is 24.0 Å². The van der Waals surface area contributed by atoms with E-state index >= 15 is 0 Å². The van der Waals surface area contributed by atoms with Crippen LogP contribution in [0.5, 0.6) is 5.75 Å². The maximum Gasteiger partial charge on any atom is 0.137 e. The molecule has 2 nitrogen and oxygen atoms in total. The minimum Gasteiger partial charge on any atom is -0.495 e. The minimum absolute atomic E-state index is 0.597. The van der Waals surface area contributed by atoms with E-state index < -0.39 is 0 Å². The van der Waals surface area contributed by atoms with E-state index in [1.54, 1.807) is 7.11 Å². The Hall–Kier alpha value is -0.730. The van der Waals surface area contributed by atoms with Crippen molar-refractivity contribution >= 4 is 11.6 Å². The SMILES string of the molecule is CCOCc1ccc(OC)c(Cl)c1. The molecular weight excluding hydrogens is 188 g/mol. The quantitative estimate of drug-likeness (QED) is 0.744. The summed E-state index contributed by atoms with van der Waals surface area (Å²) in [6.07, 6.45) is 0. The van der Waals surface area contributed by atoms with Crippen LogP contribution in [-0.2, 0) is 11.3 Å². The Morgan fingerprint density at radius 2 is 2.15 bits per heavy atom. The summed E-state index contributed by atoms with van der Waals surface area (Å²) in [5.74, 6) is 0.696. The topological polar surface area (TPSA) is 18.5 Å². The second-order valence-corrected chi connectivity index (χ2v) is 3.01. The van der Waals surface area contributed by atoms with Gasteiger partial charge in [-0.1, -0.05) is 17.7 Å². The van der Waals surface area contributed by atoms with Gasteiger partial charge in [0.2, 0.25) is 0 Å². The molecule has 1 aromatic rings. The lowest BCUT2D eigenvalue weighted by atomic mass is 10.2. The summed E-state index contributed by atoms with van der Waals surface area (Å²) in [5.41, 5.74) is 1.06. The highest BCUT2D eigenvalue weighted by Crippen LogP contribution is 2.24. The first-order valence-corrected chi connectivity index (χ1v) is 4.56. The Kier molecular flexibility index (Phi) is 4.06. The smallest absolute Gasteiger partial charge is 0.137 e. The number of ether oxygens (including phenoxy) is 2. The fraction of sp³-hybridized carbons (Fsp3) is 0.400. The van der Waals surface area contributed by atoms with E-state index in [0.717, 1.165) is 5.56 Å². The van der Waals surface area contributed by atoms with Gasteiger partial charge in [0.15, 0.2) is 0 Å². The molecule has 0 spiro atoms. The molecule has 0 fully saturated rings. The predicted molar refractivity (Wildman–Crippen MR) is 53.3 cm³/mol.